The van der Waals surface area contributed by atoms with E-state index in [-0.39, 0.29) is 10.8 Å². The highest BCUT2D eigenvalue weighted by molar-refractivity contribution is 7.98. The maximum atomic E-state index is 13.0. The molecule has 0 spiro atoms. The third kappa shape index (κ3) is 6.48. The van der Waals surface area contributed by atoms with Gasteiger partial charge in [0, 0.05) is 41.7 Å². The molecule has 1 saturated heterocycles. The summed E-state index contributed by atoms with van der Waals surface area (Å²) in [4.78, 5) is 12.9. The first-order valence-electron chi connectivity index (χ1n) is 10.5. The number of thioether (sulfide) groups is 1. The Morgan fingerprint density at radius 2 is 1.84 bits per heavy atom. The molecule has 1 fully saturated rings. The molecule has 1 amide bonds. The Labute approximate surface area is 194 Å². The van der Waals surface area contributed by atoms with Crippen molar-refractivity contribution in [3.8, 4) is 0 Å². The van der Waals surface area contributed by atoms with Gasteiger partial charge in [0.1, 0.15) is 0 Å². The first-order valence-corrected chi connectivity index (χ1v) is 13.5. The number of aryl methyl sites for hydroxylation is 1. The molecule has 1 aliphatic rings. The SMILES string of the molecule is Cc1ccc(S(=O)(=O)N2CCC(C)CC2)cc1C(=O)NCCSCc1ccc(Cl)cc1. The molecule has 168 valence electrons. The summed E-state index contributed by atoms with van der Waals surface area (Å²) in [7, 11) is -3.58. The van der Waals surface area contributed by atoms with Gasteiger partial charge < -0.3 is 5.32 Å². The minimum Gasteiger partial charge on any atom is -0.351 e. The van der Waals surface area contributed by atoms with Crippen molar-refractivity contribution < 1.29 is 13.2 Å². The molecular formula is C23H29ClN2O3S2. The van der Waals surface area contributed by atoms with Gasteiger partial charge in [0.05, 0.1) is 4.90 Å². The molecule has 0 bridgehead atoms. The average Bonchev–Trinajstić information content (AvgIpc) is 2.75. The number of halogens is 1. The van der Waals surface area contributed by atoms with Gasteiger partial charge in [0.15, 0.2) is 0 Å². The van der Waals surface area contributed by atoms with Crippen molar-refractivity contribution in [1.29, 1.82) is 0 Å². The predicted octanol–water partition coefficient (Wildman–Crippen LogP) is 4.73. The number of amides is 1. The molecule has 1 heterocycles. The van der Waals surface area contributed by atoms with Crippen LogP contribution in [0.15, 0.2) is 47.4 Å². The Bertz CT molecular complexity index is 1000. The van der Waals surface area contributed by atoms with Crippen LogP contribution in [-0.4, -0.2) is 44.0 Å². The topological polar surface area (TPSA) is 66.5 Å². The summed E-state index contributed by atoms with van der Waals surface area (Å²) in [6, 6.07) is 12.5. The zero-order valence-corrected chi connectivity index (χ0v) is 20.3. The van der Waals surface area contributed by atoms with Gasteiger partial charge in [-0.1, -0.05) is 36.7 Å². The Hall–Kier alpha value is -1.54. The Morgan fingerprint density at radius 3 is 2.52 bits per heavy atom. The molecule has 1 N–H and O–H groups in total. The lowest BCUT2D eigenvalue weighted by atomic mass is 10.0. The average molecular weight is 481 g/mol. The lowest BCUT2D eigenvalue weighted by Gasteiger charge is -2.29. The van der Waals surface area contributed by atoms with Crippen LogP contribution in [0.2, 0.25) is 5.02 Å². The van der Waals surface area contributed by atoms with Crippen LogP contribution in [0.5, 0.6) is 0 Å². The second-order valence-electron chi connectivity index (χ2n) is 8.00. The zero-order chi connectivity index (χ0) is 22.4. The number of nitrogens with zero attached hydrogens (tertiary/aromatic N) is 1. The van der Waals surface area contributed by atoms with E-state index in [1.807, 2.05) is 31.2 Å². The third-order valence-corrected chi connectivity index (χ3v) is 8.72. The second kappa shape index (κ2) is 10.9. The van der Waals surface area contributed by atoms with Crippen molar-refractivity contribution in [2.45, 2.75) is 37.3 Å². The number of rotatable bonds is 8. The van der Waals surface area contributed by atoms with E-state index in [1.165, 1.54) is 15.9 Å². The van der Waals surface area contributed by atoms with Gasteiger partial charge in [-0.3, -0.25) is 4.79 Å². The summed E-state index contributed by atoms with van der Waals surface area (Å²) in [6.45, 7) is 5.54. The molecule has 0 saturated carbocycles. The first-order chi connectivity index (χ1) is 14.8. The summed E-state index contributed by atoms with van der Waals surface area (Å²) < 4.78 is 27.6. The number of hydrogen-bond donors (Lipinski definition) is 1. The highest BCUT2D eigenvalue weighted by atomic mass is 35.5. The summed E-state index contributed by atoms with van der Waals surface area (Å²) >= 11 is 7.62. The summed E-state index contributed by atoms with van der Waals surface area (Å²) in [6.07, 6.45) is 1.73. The van der Waals surface area contributed by atoms with Gasteiger partial charge in [0.2, 0.25) is 10.0 Å². The minimum absolute atomic E-state index is 0.190. The quantitative estimate of drug-likeness (QED) is 0.554. The summed E-state index contributed by atoms with van der Waals surface area (Å²) in [5.74, 6) is 1.91. The Morgan fingerprint density at radius 1 is 1.16 bits per heavy atom. The lowest BCUT2D eigenvalue weighted by Crippen LogP contribution is -2.38. The van der Waals surface area contributed by atoms with E-state index >= 15 is 0 Å². The number of hydrogen-bond acceptors (Lipinski definition) is 4. The van der Waals surface area contributed by atoms with E-state index < -0.39 is 10.0 Å². The fraction of sp³-hybridized carbons (Fsp3) is 0.435. The van der Waals surface area contributed by atoms with Crippen LogP contribution in [0.3, 0.4) is 0 Å². The third-order valence-electron chi connectivity index (χ3n) is 5.55. The number of nitrogens with one attached hydrogen (secondary N) is 1. The standard InChI is InChI=1S/C23H29ClN2O3S2/c1-17-9-12-26(13-10-17)31(28,29)21-8-3-18(2)22(15-21)23(27)25-11-14-30-16-19-4-6-20(24)7-5-19/h3-8,15,17H,9-14,16H2,1-2H3,(H,25,27). The Kier molecular flexibility index (Phi) is 8.44. The predicted molar refractivity (Wildman–Crippen MR) is 128 cm³/mol. The van der Waals surface area contributed by atoms with Crippen molar-refractivity contribution in [2.75, 3.05) is 25.4 Å². The smallest absolute Gasteiger partial charge is 0.251 e. The van der Waals surface area contributed by atoms with Gasteiger partial charge in [0.25, 0.3) is 5.91 Å². The van der Waals surface area contributed by atoms with Crippen molar-refractivity contribution in [1.82, 2.24) is 9.62 Å². The van der Waals surface area contributed by atoms with Crippen molar-refractivity contribution in [3.05, 3.63) is 64.2 Å². The molecular weight excluding hydrogens is 452 g/mol. The van der Waals surface area contributed by atoms with E-state index in [1.54, 1.807) is 23.9 Å². The number of carbonyl (C=O) groups is 1. The van der Waals surface area contributed by atoms with E-state index in [0.717, 1.165) is 34.9 Å². The van der Waals surface area contributed by atoms with Crippen LogP contribution in [0.25, 0.3) is 0 Å². The first kappa shape index (κ1) is 24.1. The maximum absolute atomic E-state index is 13.0. The van der Waals surface area contributed by atoms with Crippen molar-refractivity contribution in [3.63, 3.8) is 0 Å². The molecule has 0 aliphatic carbocycles. The molecule has 0 aromatic heterocycles. The molecule has 2 aromatic carbocycles. The van der Waals surface area contributed by atoms with E-state index in [9.17, 15) is 13.2 Å². The number of benzene rings is 2. The van der Waals surface area contributed by atoms with Gasteiger partial charge >= 0.3 is 0 Å². The van der Waals surface area contributed by atoms with Crippen LogP contribution in [-0.2, 0) is 15.8 Å². The van der Waals surface area contributed by atoms with Gasteiger partial charge in [-0.25, -0.2) is 8.42 Å². The fourth-order valence-corrected chi connectivity index (χ4v) is 5.92. The van der Waals surface area contributed by atoms with E-state index in [0.29, 0.717) is 31.1 Å². The zero-order valence-electron chi connectivity index (χ0n) is 17.9. The van der Waals surface area contributed by atoms with Crippen LogP contribution >= 0.6 is 23.4 Å². The number of piperidine rings is 1. The van der Waals surface area contributed by atoms with Crippen molar-refractivity contribution in [2.24, 2.45) is 5.92 Å². The molecule has 0 atom stereocenters. The van der Waals surface area contributed by atoms with Gasteiger partial charge in [-0.05, 0) is 61.1 Å². The summed E-state index contributed by atoms with van der Waals surface area (Å²) in [5, 5.41) is 3.63. The van der Waals surface area contributed by atoms with Crippen LogP contribution in [0, 0.1) is 12.8 Å². The number of sulfonamides is 1. The summed E-state index contributed by atoms with van der Waals surface area (Å²) in [5.41, 5.74) is 2.35. The van der Waals surface area contributed by atoms with Crippen LogP contribution in [0.4, 0.5) is 0 Å². The largest absolute Gasteiger partial charge is 0.351 e. The number of carbonyl (C=O) groups excluding carboxylic acids is 1. The van der Waals surface area contributed by atoms with Crippen LogP contribution < -0.4 is 5.32 Å². The second-order valence-corrected chi connectivity index (χ2v) is 11.5. The molecule has 2 aromatic rings. The maximum Gasteiger partial charge on any atom is 0.251 e. The van der Waals surface area contributed by atoms with Gasteiger partial charge in [-0.15, -0.1) is 0 Å². The lowest BCUT2D eigenvalue weighted by molar-refractivity contribution is 0.0955. The van der Waals surface area contributed by atoms with E-state index in [2.05, 4.69) is 12.2 Å². The van der Waals surface area contributed by atoms with Crippen molar-refractivity contribution >= 4 is 39.3 Å². The molecule has 0 radical (unpaired) electrons. The Balaban J connectivity index is 1.56. The van der Waals surface area contributed by atoms with E-state index in [4.69, 9.17) is 11.6 Å². The molecule has 0 unspecified atom stereocenters. The van der Waals surface area contributed by atoms with Crippen LogP contribution in [0.1, 0.15) is 41.3 Å². The normalized spacial score (nSPS) is 15.7. The highest BCUT2D eigenvalue weighted by Gasteiger charge is 2.28. The van der Waals surface area contributed by atoms with Gasteiger partial charge in [-0.2, -0.15) is 16.1 Å². The molecule has 1 aliphatic heterocycles. The fourth-order valence-electron chi connectivity index (χ4n) is 3.48. The molecule has 31 heavy (non-hydrogen) atoms. The molecule has 5 nitrogen and oxygen atoms in total. The highest BCUT2D eigenvalue weighted by Crippen LogP contribution is 2.25. The molecule has 3 rings (SSSR count). The molecule has 8 heteroatoms. The minimum atomic E-state index is -3.58. The monoisotopic (exact) mass is 480 g/mol.